The highest BCUT2D eigenvalue weighted by atomic mass is 19.2. The molecule has 3 aromatic carbocycles. The van der Waals surface area contributed by atoms with Crippen molar-refractivity contribution in [3.8, 4) is 0 Å². The van der Waals surface area contributed by atoms with Gasteiger partial charge in [-0.2, -0.15) is 0 Å². The van der Waals surface area contributed by atoms with E-state index in [1.54, 1.807) is 0 Å². The van der Waals surface area contributed by atoms with Crippen LogP contribution in [0.25, 0.3) is 21.9 Å². The summed E-state index contributed by atoms with van der Waals surface area (Å²) in [6, 6.07) is 21.7. The Kier molecular flexibility index (Phi) is 4.39. The van der Waals surface area contributed by atoms with Crippen LogP contribution < -0.4 is 5.56 Å². The lowest BCUT2D eigenvalue weighted by molar-refractivity contribution is 0.515. The Morgan fingerprint density at radius 2 is 1.70 bits per heavy atom. The number of aromatic amines is 1. The number of pyridine rings is 1. The minimum absolute atomic E-state index is 0.119. The Balaban J connectivity index is 1.68. The molecule has 1 N–H and O–H groups in total. The summed E-state index contributed by atoms with van der Waals surface area (Å²) in [4.78, 5) is 19.4. The van der Waals surface area contributed by atoms with Gasteiger partial charge in [0.15, 0.2) is 11.6 Å². The second kappa shape index (κ2) is 7.22. The van der Waals surface area contributed by atoms with Crippen LogP contribution in [0, 0.1) is 11.6 Å². The van der Waals surface area contributed by atoms with E-state index in [0.717, 1.165) is 28.5 Å². The Bertz CT molecular complexity index is 1440. The van der Waals surface area contributed by atoms with Crippen molar-refractivity contribution in [3.63, 3.8) is 0 Å². The zero-order valence-corrected chi connectivity index (χ0v) is 15.9. The molecule has 0 saturated carbocycles. The largest absolute Gasteiger partial charge is 0.323 e. The monoisotopic (exact) mass is 401 g/mol. The van der Waals surface area contributed by atoms with E-state index < -0.39 is 17.2 Å². The SMILES string of the molecule is O=c1cc(Cn2c(Cc3ccccc3)nc3ccccc32)c2ccc(F)c(F)c2[nH]1. The fourth-order valence-corrected chi connectivity index (χ4v) is 3.85. The van der Waals surface area contributed by atoms with Gasteiger partial charge in [0, 0.05) is 17.9 Å². The van der Waals surface area contributed by atoms with Crippen LogP contribution >= 0.6 is 0 Å². The van der Waals surface area contributed by atoms with Gasteiger partial charge in [0.2, 0.25) is 5.56 Å². The lowest BCUT2D eigenvalue weighted by atomic mass is 10.1. The number of hydrogen-bond donors (Lipinski definition) is 1. The van der Waals surface area contributed by atoms with E-state index in [1.165, 1.54) is 12.1 Å². The molecule has 0 aliphatic heterocycles. The van der Waals surface area contributed by atoms with Gasteiger partial charge in [-0.25, -0.2) is 13.8 Å². The van der Waals surface area contributed by atoms with Crippen LogP contribution in [0.4, 0.5) is 8.78 Å². The summed E-state index contributed by atoms with van der Waals surface area (Å²) in [5, 5.41) is 0.469. The third-order valence-corrected chi connectivity index (χ3v) is 5.26. The number of hydrogen-bond acceptors (Lipinski definition) is 2. The normalized spacial score (nSPS) is 11.4. The summed E-state index contributed by atoms with van der Waals surface area (Å²) < 4.78 is 30.0. The summed E-state index contributed by atoms with van der Waals surface area (Å²) in [5.41, 5.74) is 2.87. The van der Waals surface area contributed by atoms with Gasteiger partial charge in [0.05, 0.1) is 23.1 Å². The van der Waals surface area contributed by atoms with Crippen LogP contribution in [0.15, 0.2) is 77.6 Å². The van der Waals surface area contributed by atoms with Gasteiger partial charge in [0.25, 0.3) is 0 Å². The van der Waals surface area contributed by atoms with E-state index in [1.807, 2.05) is 59.2 Å². The Labute approximate surface area is 170 Å². The minimum atomic E-state index is -1.05. The zero-order chi connectivity index (χ0) is 20.7. The molecule has 6 heteroatoms. The number of para-hydroxylation sites is 2. The maximum Gasteiger partial charge on any atom is 0.248 e. The highest BCUT2D eigenvalue weighted by Gasteiger charge is 2.16. The van der Waals surface area contributed by atoms with Crippen molar-refractivity contribution in [2.24, 2.45) is 0 Å². The summed E-state index contributed by atoms with van der Waals surface area (Å²) >= 11 is 0. The number of imidazole rings is 1. The fourth-order valence-electron chi connectivity index (χ4n) is 3.85. The molecule has 30 heavy (non-hydrogen) atoms. The first-order valence-corrected chi connectivity index (χ1v) is 9.58. The first-order valence-electron chi connectivity index (χ1n) is 9.58. The summed E-state index contributed by atoms with van der Waals surface area (Å²) in [5.74, 6) is -1.21. The molecule has 0 atom stereocenters. The van der Waals surface area contributed by atoms with Crippen molar-refractivity contribution >= 4 is 21.9 Å². The summed E-state index contributed by atoms with van der Waals surface area (Å²) in [7, 11) is 0. The quantitative estimate of drug-likeness (QED) is 0.471. The predicted octanol–water partition coefficient (Wildman–Crippen LogP) is 4.80. The molecule has 2 aromatic heterocycles. The van der Waals surface area contributed by atoms with Gasteiger partial charge < -0.3 is 9.55 Å². The molecule has 0 bridgehead atoms. The second-order valence-corrected chi connectivity index (χ2v) is 7.21. The van der Waals surface area contributed by atoms with Crippen molar-refractivity contribution in [1.82, 2.24) is 14.5 Å². The molecule has 0 amide bonds. The molecular formula is C24H17F2N3O. The standard InChI is InChI=1S/C24H17F2N3O/c25-18-11-10-17-16(13-22(30)28-24(17)23(18)26)14-29-20-9-5-4-8-19(20)27-21(29)12-15-6-2-1-3-7-15/h1-11,13H,12,14H2,(H,28,30). The van der Waals surface area contributed by atoms with E-state index in [0.29, 0.717) is 23.9 Å². The van der Waals surface area contributed by atoms with Crippen molar-refractivity contribution in [2.45, 2.75) is 13.0 Å². The molecule has 4 nitrogen and oxygen atoms in total. The van der Waals surface area contributed by atoms with E-state index >= 15 is 0 Å². The molecular weight excluding hydrogens is 384 g/mol. The van der Waals surface area contributed by atoms with E-state index in [4.69, 9.17) is 4.98 Å². The van der Waals surface area contributed by atoms with E-state index in [-0.39, 0.29) is 5.52 Å². The van der Waals surface area contributed by atoms with Crippen LogP contribution in [-0.4, -0.2) is 14.5 Å². The maximum absolute atomic E-state index is 14.3. The highest BCUT2D eigenvalue weighted by molar-refractivity contribution is 5.83. The first-order chi connectivity index (χ1) is 14.6. The first kappa shape index (κ1) is 18.2. The molecule has 0 radical (unpaired) electrons. The smallest absolute Gasteiger partial charge is 0.248 e. The van der Waals surface area contributed by atoms with Gasteiger partial charge >= 0.3 is 0 Å². The molecule has 5 aromatic rings. The molecule has 0 spiro atoms. The van der Waals surface area contributed by atoms with Crippen LogP contribution in [-0.2, 0) is 13.0 Å². The van der Waals surface area contributed by atoms with Crippen LogP contribution in [0.2, 0.25) is 0 Å². The number of rotatable bonds is 4. The van der Waals surface area contributed by atoms with Gasteiger partial charge in [-0.1, -0.05) is 42.5 Å². The zero-order valence-electron chi connectivity index (χ0n) is 15.9. The van der Waals surface area contributed by atoms with Gasteiger partial charge in [-0.15, -0.1) is 0 Å². The Hall–Kier alpha value is -3.80. The lowest BCUT2D eigenvalue weighted by Crippen LogP contribution is -2.12. The van der Waals surface area contributed by atoms with Crippen molar-refractivity contribution in [1.29, 1.82) is 0 Å². The average molecular weight is 401 g/mol. The third-order valence-electron chi connectivity index (χ3n) is 5.26. The molecule has 0 saturated heterocycles. The molecule has 0 unspecified atom stereocenters. The van der Waals surface area contributed by atoms with E-state index in [9.17, 15) is 13.6 Å². The van der Waals surface area contributed by atoms with Crippen LogP contribution in [0.1, 0.15) is 17.0 Å². The number of nitrogens with one attached hydrogen (secondary N) is 1. The lowest BCUT2D eigenvalue weighted by Gasteiger charge is -2.12. The van der Waals surface area contributed by atoms with E-state index in [2.05, 4.69) is 4.98 Å². The Morgan fingerprint density at radius 1 is 0.933 bits per heavy atom. The molecule has 5 rings (SSSR count). The molecule has 2 heterocycles. The van der Waals surface area contributed by atoms with Crippen LogP contribution in [0.5, 0.6) is 0 Å². The predicted molar refractivity (Wildman–Crippen MR) is 113 cm³/mol. The third kappa shape index (κ3) is 3.16. The van der Waals surface area contributed by atoms with Gasteiger partial charge in [0.1, 0.15) is 5.82 Å². The highest BCUT2D eigenvalue weighted by Crippen LogP contribution is 2.24. The molecule has 0 aliphatic rings. The number of halogens is 2. The van der Waals surface area contributed by atoms with Crippen molar-refractivity contribution in [3.05, 3.63) is 112 Å². The second-order valence-electron chi connectivity index (χ2n) is 7.21. The van der Waals surface area contributed by atoms with Crippen molar-refractivity contribution < 1.29 is 8.78 Å². The Morgan fingerprint density at radius 3 is 2.53 bits per heavy atom. The number of nitrogens with zero attached hydrogens (tertiary/aromatic N) is 2. The number of fused-ring (bicyclic) bond motifs is 2. The maximum atomic E-state index is 14.3. The number of aromatic nitrogens is 3. The van der Waals surface area contributed by atoms with Crippen LogP contribution in [0.3, 0.4) is 0 Å². The summed E-state index contributed by atoms with van der Waals surface area (Å²) in [6.45, 7) is 0.314. The minimum Gasteiger partial charge on any atom is -0.323 e. The molecule has 0 aliphatic carbocycles. The number of benzene rings is 3. The molecule has 148 valence electrons. The topological polar surface area (TPSA) is 50.7 Å². The van der Waals surface area contributed by atoms with Gasteiger partial charge in [-0.05, 0) is 35.4 Å². The summed E-state index contributed by atoms with van der Waals surface area (Å²) in [6.07, 6.45) is 0.611. The molecule has 0 fully saturated rings. The average Bonchev–Trinajstić information content (AvgIpc) is 3.09. The fraction of sp³-hybridized carbons (Fsp3) is 0.0833. The van der Waals surface area contributed by atoms with Crippen molar-refractivity contribution in [2.75, 3.05) is 0 Å². The number of H-pyrrole nitrogens is 1. The van der Waals surface area contributed by atoms with Gasteiger partial charge in [-0.3, -0.25) is 4.79 Å².